The zero-order valence-electron chi connectivity index (χ0n) is 15.7. The van der Waals surface area contributed by atoms with Crippen molar-refractivity contribution in [1.29, 1.82) is 0 Å². The highest BCUT2D eigenvalue weighted by Crippen LogP contribution is 2.32. The van der Waals surface area contributed by atoms with E-state index in [2.05, 4.69) is 22.1 Å². The van der Waals surface area contributed by atoms with Crippen LogP contribution in [-0.4, -0.2) is 48.1 Å². The SMILES string of the molecule is COc1cc(Oc2ccc(C(=O)NC3C4CCN(CC4)C3C)cc2)ccn1. The summed E-state index contributed by atoms with van der Waals surface area (Å²) in [6, 6.07) is 11.3. The molecule has 0 aliphatic carbocycles. The van der Waals surface area contributed by atoms with Gasteiger partial charge in [-0.2, -0.15) is 0 Å². The maximum atomic E-state index is 12.7. The van der Waals surface area contributed by atoms with E-state index in [-0.39, 0.29) is 11.9 Å². The van der Waals surface area contributed by atoms with Gasteiger partial charge < -0.3 is 14.8 Å². The van der Waals surface area contributed by atoms with E-state index in [0.717, 1.165) is 13.1 Å². The molecule has 5 rings (SSSR count). The largest absolute Gasteiger partial charge is 0.481 e. The molecule has 2 unspecified atom stereocenters. The molecule has 3 fully saturated rings. The lowest BCUT2D eigenvalue weighted by molar-refractivity contribution is 0.0217. The van der Waals surface area contributed by atoms with Crippen LogP contribution >= 0.6 is 0 Å². The first-order valence-electron chi connectivity index (χ1n) is 9.47. The van der Waals surface area contributed by atoms with Gasteiger partial charge in [0.1, 0.15) is 11.5 Å². The predicted molar refractivity (Wildman–Crippen MR) is 102 cm³/mol. The summed E-state index contributed by atoms with van der Waals surface area (Å²) >= 11 is 0. The minimum atomic E-state index is -0.0160. The summed E-state index contributed by atoms with van der Waals surface area (Å²) in [6.07, 6.45) is 3.99. The molecule has 0 radical (unpaired) electrons. The number of aromatic nitrogens is 1. The molecule has 3 aliphatic heterocycles. The van der Waals surface area contributed by atoms with Gasteiger partial charge in [0.15, 0.2) is 0 Å². The van der Waals surface area contributed by atoms with Gasteiger partial charge in [-0.25, -0.2) is 4.98 Å². The zero-order valence-corrected chi connectivity index (χ0v) is 15.7. The number of carbonyl (C=O) groups is 1. The number of pyridine rings is 1. The van der Waals surface area contributed by atoms with E-state index in [0.29, 0.717) is 34.9 Å². The van der Waals surface area contributed by atoms with Crippen molar-refractivity contribution in [3.63, 3.8) is 0 Å². The predicted octanol–water partition coefficient (Wildman–Crippen LogP) is 3.10. The fourth-order valence-corrected chi connectivity index (χ4v) is 4.16. The maximum absolute atomic E-state index is 12.7. The summed E-state index contributed by atoms with van der Waals surface area (Å²) in [5.74, 6) is 2.38. The summed E-state index contributed by atoms with van der Waals surface area (Å²) < 4.78 is 10.9. The molecule has 6 heteroatoms. The fourth-order valence-electron chi connectivity index (χ4n) is 4.16. The lowest BCUT2D eigenvalue weighted by Gasteiger charge is -2.49. The number of benzene rings is 1. The van der Waals surface area contributed by atoms with Crippen molar-refractivity contribution in [1.82, 2.24) is 15.2 Å². The number of ether oxygens (including phenoxy) is 2. The normalized spacial score (nSPS) is 26.4. The van der Waals surface area contributed by atoms with E-state index >= 15 is 0 Å². The molecule has 1 N–H and O–H groups in total. The van der Waals surface area contributed by atoms with Crippen LogP contribution in [0.4, 0.5) is 0 Å². The number of rotatable bonds is 5. The summed E-state index contributed by atoms with van der Waals surface area (Å²) in [5, 5.41) is 3.25. The fraction of sp³-hybridized carbons (Fsp3) is 0.429. The highest BCUT2D eigenvalue weighted by atomic mass is 16.5. The Hall–Kier alpha value is -2.60. The van der Waals surface area contributed by atoms with Gasteiger partial charge in [0, 0.05) is 29.9 Å². The number of nitrogens with one attached hydrogen (secondary N) is 1. The third kappa shape index (κ3) is 3.76. The molecule has 2 aromatic rings. The average molecular weight is 367 g/mol. The Morgan fingerprint density at radius 3 is 2.56 bits per heavy atom. The van der Waals surface area contributed by atoms with Crippen LogP contribution in [0.3, 0.4) is 0 Å². The molecule has 1 amide bonds. The summed E-state index contributed by atoms with van der Waals surface area (Å²) in [5.41, 5.74) is 0.651. The van der Waals surface area contributed by atoms with Crippen molar-refractivity contribution in [2.24, 2.45) is 5.92 Å². The molecule has 0 spiro atoms. The number of carbonyl (C=O) groups excluding carboxylic acids is 1. The van der Waals surface area contributed by atoms with Gasteiger partial charge in [-0.3, -0.25) is 9.69 Å². The van der Waals surface area contributed by atoms with E-state index in [1.807, 2.05) is 12.1 Å². The average Bonchev–Trinajstić information content (AvgIpc) is 2.71. The Morgan fingerprint density at radius 2 is 1.89 bits per heavy atom. The highest BCUT2D eigenvalue weighted by molar-refractivity contribution is 5.94. The Bertz CT molecular complexity index is 799. The first-order chi connectivity index (χ1) is 13.1. The molecule has 142 valence electrons. The van der Waals surface area contributed by atoms with Crippen LogP contribution in [0.25, 0.3) is 0 Å². The van der Waals surface area contributed by atoms with Gasteiger partial charge in [-0.1, -0.05) is 0 Å². The van der Waals surface area contributed by atoms with Gasteiger partial charge in [0.25, 0.3) is 5.91 Å². The molecule has 0 saturated carbocycles. The number of amides is 1. The first-order valence-corrected chi connectivity index (χ1v) is 9.47. The van der Waals surface area contributed by atoms with Crippen molar-refractivity contribution in [3.8, 4) is 17.4 Å². The molecular formula is C21H25N3O3. The second-order valence-corrected chi connectivity index (χ2v) is 7.27. The molecule has 27 heavy (non-hydrogen) atoms. The standard InChI is InChI=1S/C21H25N3O3/c1-14-20(15-8-11-24(14)12-9-15)23-21(25)16-3-5-17(6-4-16)27-18-7-10-22-19(13-18)26-2/h3-7,10,13-15,20H,8-9,11-12H2,1-2H3,(H,23,25). The number of methoxy groups -OCH3 is 1. The third-order valence-electron chi connectivity index (χ3n) is 5.74. The molecule has 3 aliphatic rings. The zero-order chi connectivity index (χ0) is 18.8. The maximum Gasteiger partial charge on any atom is 0.251 e. The molecule has 2 bridgehead atoms. The lowest BCUT2D eigenvalue weighted by Crippen LogP contribution is -2.62. The van der Waals surface area contributed by atoms with Gasteiger partial charge in [-0.15, -0.1) is 0 Å². The number of hydrogen-bond acceptors (Lipinski definition) is 5. The molecule has 3 saturated heterocycles. The van der Waals surface area contributed by atoms with E-state index in [1.165, 1.54) is 12.8 Å². The first kappa shape index (κ1) is 17.8. The summed E-state index contributed by atoms with van der Waals surface area (Å²) in [4.78, 5) is 19.2. The minimum Gasteiger partial charge on any atom is -0.481 e. The van der Waals surface area contributed by atoms with Crippen LogP contribution in [0.5, 0.6) is 17.4 Å². The number of nitrogens with zero attached hydrogens (tertiary/aromatic N) is 2. The van der Waals surface area contributed by atoms with Crippen LogP contribution < -0.4 is 14.8 Å². The molecule has 1 aromatic carbocycles. The quantitative estimate of drug-likeness (QED) is 0.880. The van der Waals surface area contributed by atoms with Gasteiger partial charge in [0.05, 0.1) is 7.11 Å². The Kier molecular flexibility index (Phi) is 4.99. The Labute approximate surface area is 159 Å². The van der Waals surface area contributed by atoms with Crippen LogP contribution in [0, 0.1) is 5.92 Å². The van der Waals surface area contributed by atoms with Gasteiger partial charge in [-0.05, 0) is 69.1 Å². The topological polar surface area (TPSA) is 63.7 Å². The van der Waals surface area contributed by atoms with Gasteiger partial charge >= 0.3 is 0 Å². The van der Waals surface area contributed by atoms with Crippen molar-refractivity contribution in [2.75, 3.05) is 20.2 Å². The van der Waals surface area contributed by atoms with E-state index in [4.69, 9.17) is 9.47 Å². The van der Waals surface area contributed by atoms with Crippen molar-refractivity contribution in [3.05, 3.63) is 48.2 Å². The minimum absolute atomic E-state index is 0.0160. The second kappa shape index (κ2) is 7.56. The van der Waals surface area contributed by atoms with Crippen LogP contribution in [-0.2, 0) is 0 Å². The van der Waals surface area contributed by atoms with Crippen molar-refractivity contribution in [2.45, 2.75) is 31.8 Å². The molecular weight excluding hydrogens is 342 g/mol. The van der Waals surface area contributed by atoms with Crippen molar-refractivity contribution < 1.29 is 14.3 Å². The van der Waals surface area contributed by atoms with Crippen LogP contribution in [0.1, 0.15) is 30.1 Å². The molecule has 6 nitrogen and oxygen atoms in total. The van der Waals surface area contributed by atoms with Crippen LogP contribution in [0.2, 0.25) is 0 Å². The van der Waals surface area contributed by atoms with Crippen molar-refractivity contribution >= 4 is 5.91 Å². The monoisotopic (exact) mass is 367 g/mol. The number of piperidine rings is 3. The van der Waals surface area contributed by atoms with E-state index in [9.17, 15) is 4.79 Å². The molecule has 1 aromatic heterocycles. The Morgan fingerprint density at radius 1 is 1.15 bits per heavy atom. The second-order valence-electron chi connectivity index (χ2n) is 7.27. The lowest BCUT2D eigenvalue weighted by atomic mass is 9.79. The molecule has 4 heterocycles. The highest BCUT2D eigenvalue weighted by Gasteiger charge is 2.40. The third-order valence-corrected chi connectivity index (χ3v) is 5.74. The van der Waals surface area contributed by atoms with E-state index in [1.54, 1.807) is 37.6 Å². The summed E-state index contributed by atoms with van der Waals surface area (Å²) in [6.45, 7) is 4.53. The number of hydrogen-bond donors (Lipinski definition) is 1. The van der Waals surface area contributed by atoms with Gasteiger partial charge in [0.2, 0.25) is 5.88 Å². The van der Waals surface area contributed by atoms with Crippen LogP contribution in [0.15, 0.2) is 42.6 Å². The Balaban J connectivity index is 1.40. The number of fused-ring (bicyclic) bond motifs is 3. The van der Waals surface area contributed by atoms with E-state index < -0.39 is 0 Å². The summed E-state index contributed by atoms with van der Waals surface area (Å²) in [7, 11) is 1.56. The smallest absolute Gasteiger partial charge is 0.251 e. The molecule has 2 atom stereocenters.